The van der Waals surface area contributed by atoms with Gasteiger partial charge in [0.1, 0.15) is 5.56 Å². The van der Waals surface area contributed by atoms with Crippen LogP contribution < -0.4 is 15.9 Å². The SMILES string of the molecule is CN1C=C([C@@H]2C[C@H]2c2c(C(=O)O)cnn2-c2cccc(N3CCCC(CCC4CCCCC4)C3)c2)NN1. The van der Waals surface area contributed by atoms with Crippen molar-refractivity contribution < 1.29 is 9.90 Å². The number of hydrazine groups is 2. The van der Waals surface area contributed by atoms with Crippen molar-refractivity contribution in [2.24, 2.45) is 17.8 Å². The van der Waals surface area contributed by atoms with Crippen LogP contribution in [-0.4, -0.2) is 46.0 Å². The number of benzene rings is 1. The number of nitrogens with zero attached hydrogens (tertiary/aromatic N) is 4. The molecule has 1 aromatic heterocycles. The molecule has 1 aromatic carbocycles. The number of piperidine rings is 1. The van der Waals surface area contributed by atoms with E-state index in [9.17, 15) is 9.90 Å². The van der Waals surface area contributed by atoms with Gasteiger partial charge in [-0.25, -0.2) is 9.48 Å². The molecule has 0 spiro atoms. The van der Waals surface area contributed by atoms with Gasteiger partial charge in [0, 0.05) is 49.6 Å². The summed E-state index contributed by atoms with van der Waals surface area (Å²) in [4.78, 5) is 14.6. The first-order valence-corrected chi connectivity index (χ1v) is 14.2. The largest absolute Gasteiger partial charge is 0.478 e. The van der Waals surface area contributed by atoms with Crippen LogP contribution in [0.2, 0.25) is 0 Å². The third-order valence-corrected chi connectivity index (χ3v) is 8.95. The maximum Gasteiger partial charge on any atom is 0.339 e. The molecule has 2 aliphatic heterocycles. The number of rotatable bonds is 8. The van der Waals surface area contributed by atoms with Gasteiger partial charge < -0.3 is 15.4 Å². The summed E-state index contributed by atoms with van der Waals surface area (Å²) in [5.74, 6) is 1.20. The number of anilines is 1. The minimum atomic E-state index is -0.913. The molecule has 3 fully saturated rings. The second-order valence-corrected chi connectivity index (χ2v) is 11.6. The fourth-order valence-electron chi connectivity index (χ4n) is 6.84. The summed E-state index contributed by atoms with van der Waals surface area (Å²) in [6.45, 7) is 2.20. The summed E-state index contributed by atoms with van der Waals surface area (Å²) in [5.41, 5.74) is 10.6. The summed E-state index contributed by atoms with van der Waals surface area (Å²) in [6.07, 6.45) is 16.9. The Hall–Kier alpha value is -3.00. The van der Waals surface area contributed by atoms with Gasteiger partial charge in [-0.2, -0.15) is 5.10 Å². The minimum Gasteiger partial charge on any atom is -0.478 e. The summed E-state index contributed by atoms with van der Waals surface area (Å²) in [7, 11) is 1.94. The van der Waals surface area contributed by atoms with E-state index in [2.05, 4.69) is 45.2 Å². The molecule has 1 unspecified atom stereocenters. The van der Waals surface area contributed by atoms with Crippen molar-refractivity contribution in [2.75, 3.05) is 25.0 Å². The van der Waals surface area contributed by atoms with Crippen molar-refractivity contribution >= 4 is 11.7 Å². The first-order chi connectivity index (χ1) is 18.1. The molecule has 198 valence electrons. The third-order valence-electron chi connectivity index (χ3n) is 8.95. The van der Waals surface area contributed by atoms with Gasteiger partial charge in [-0.05, 0) is 55.7 Å². The van der Waals surface area contributed by atoms with E-state index in [-0.39, 0.29) is 11.8 Å². The Morgan fingerprint density at radius 1 is 1.05 bits per heavy atom. The van der Waals surface area contributed by atoms with E-state index in [4.69, 9.17) is 0 Å². The van der Waals surface area contributed by atoms with Gasteiger partial charge >= 0.3 is 5.97 Å². The van der Waals surface area contributed by atoms with Crippen molar-refractivity contribution in [1.29, 1.82) is 0 Å². The topological polar surface area (TPSA) is 85.7 Å². The Morgan fingerprint density at radius 2 is 1.84 bits per heavy atom. The molecule has 2 aliphatic carbocycles. The van der Waals surface area contributed by atoms with Gasteiger partial charge in [-0.1, -0.05) is 44.6 Å². The highest BCUT2D eigenvalue weighted by atomic mass is 16.4. The van der Waals surface area contributed by atoms with Crippen LogP contribution in [0.25, 0.3) is 5.69 Å². The summed E-state index contributed by atoms with van der Waals surface area (Å²) < 4.78 is 1.87. The smallest absolute Gasteiger partial charge is 0.339 e. The summed E-state index contributed by atoms with van der Waals surface area (Å²) in [5, 5.41) is 16.4. The molecule has 1 saturated heterocycles. The molecule has 8 nitrogen and oxygen atoms in total. The maximum absolute atomic E-state index is 12.1. The van der Waals surface area contributed by atoms with E-state index in [1.165, 1.54) is 69.7 Å². The second-order valence-electron chi connectivity index (χ2n) is 11.6. The minimum absolute atomic E-state index is 0.128. The van der Waals surface area contributed by atoms with E-state index in [0.717, 1.165) is 48.4 Å². The number of carbonyl (C=O) groups is 1. The lowest BCUT2D eigenvalue weighted by molar-refractivity contribution is 0.0695. The van der Waals surface area contributed by atoms with Gasteiger partial charge in [0.25, 0.3) is 0 Å². The van der Waals surface area contributed by atoms with Crippen LogP contribution in [0.4, 0.5) is 5.69 Å². The first-order valence-electron chi connectivity index (χ1n) is 14.2. The van der Waals surface area contributed by atoms with Crippen molar-refractivity contribution in [2.45, 2.75) is 70.1 Å². The zero-order valence-electron chi connectivity index (χ0n) is 21.9. The number of carboxylic acid groups (broad SMARTS) is 1. The van der Waals surface area contributed by atoms with Crippen molar-refractivity contribution in [3.8, 4) is 5.69 Å². The van der Waals surface area contributed by atoms with Crippen molar-refractivity contribution in [3.05, 3.63) is 53.6 Å². The Labute approximate surface area is 219 Å². The molecule has 3 N–H and O–H groups in total. The second kappa shape index (κ2) is 10.4. The Balaban J connectivity index is 1.19. The molecule has 37 heavy (non-hydrogen) atoms. The number of aromatic carboxylic acids is 1. The van der Waals surface area contributed by atoms with Crippen molar-refractivity contribution in [1.82, 2.24) is 25.7 Å². The van der Waals surface area contributed by atoms with Gasteiger partial charge in [0.15, 0.2) is 0 Å². The van der Waals surface area contributed by atoms with Gasteiger partial charge in [0.05, 0.1) is 17.6 Å². The number of carboxylic acids is 1. The fraction of sp³-hybridized carbons (Fsp3) is 0.586. The van der Waals surface area contributed by atoms with Crippen LogP contribution in [0.1, 0.15) is 86.2 Å². The zero-order valence-corrected chi connectivity index (χ0v) is 21.9. The lowest BCUT2D eigenvalue weighted by Crippen LogP contribution is -2.35. The molecule has 2 aromatic rings. The fourth-order valence-corrected chi connectivity index (χ4v) is 6.84. The van der Waals surface area contributed by atoms with Crippen LogP contribution in [0.5, 0.6) is 0 Å². The van der Waals surface area contributed by atoms with Crippen LogP contribution in [-0.2, 0) is 0 Å². The molecule has 3 atom stereocenters. The number of aromatic nitrogens is 2. The average molecular weight is 505 g/mol. The average Bonchev–Trinajstić information content (AvgIpc) is 3.37. The van der Waals surface area contributed by atoms with Crippen LogP contribution in [0.3, 0.4) is 0 Å². The molecule has 0 amide bonds. The van der Waals surface area contributed by atoms with Gasteiger partial charge in [-0.3, -0.25) is 5.01 Å². The van der Waals surface area contributed by atoms with E-state index in [0.29, 0.717) is 5.56 Å². The lowest BCUT2D eigenvalue weighted by Gasteiger charge is -2.35. The number of hydrogen-bond donors (Lipinski definition) is 3. The highest BCUT2D eigenvalue weighted by molar-refractivity contribution is 5.89. The highest BCUT2D eigenvalue weighted by Gasteiger charge is 2.46. The molecular weight excluding hydrogens is 464 g/mol. The van der Waals surface area contributed by atoms with E-state index < -0.39 is 5.97 Å². The Bertz CT molecular complexity index is 1150. The van der Waals surface area contributed by atoms with Gasteiger partial charge in [0.2, 0.25) is 0 Å². The third kappa shape index (κ3) is 5.21. The van der Waals surface area contributed by atoms with Gasteiger partial charge in [-0.15, -0.1) is 5.53 Å². The number of allylic oxidation sites excluding steroid dienone is 1. The van der Waals surface area contributed by atoms with E-state index in [1.54, 1.807) is 0 Å². The lowest BCUT2D eigenvalue weighted by atomic mass is 9.82. The summed E-state index contributed by atoms with van der Waals surface area (Å²) >= 11 is 0. The maximum atomic E-state index is 12.1. The van der Waals surface area contributed by atoms with Crippen LogP contribution >= 0.6 is 0 Å². The Kier molecular flexibility index (Phi) is 6.84. The van der Waals surface area contributed by atoms with E-state index in [1.807, 2.05) is 22.9 Å². The summed E-state index contributed by atoms with van der Waals surface area (Å²) in [6, 6.07) is 8.54. The monoisotopic (exact) mass is 504 g/mol. The molecule has 2 saturated carbocycles. The Morgan fingerprint density at radius 3 is 2.62 bits per heavy atom. The number of hydrogen-bond acceptors (Lipinski definition) is 6. The van der Waals surface area contributed by atoms with Crippen molar-refractivity contribution in [3.63, 3.8) is 0 Å². The molecule has 4 aliphatic rings. The molecular formula is C29H40N6O2. The predicted octanol–water partition coefficient (Wildman–Crippen LogP) is 5.05. The molecule has 0 radical (unpaired) electrons. The van der Waals surface area contributed by atoms with E-state index >= 15 is 0 Å². The number of nitrogens with one attached hydrogen (secondary N) is 2. The quantitative estimate of drug-likeness (QED) is 0.464. The molecule has 0 bridgehead atoms. The van der Waals surface area contributed by atoms with Crippen LogP contribution in [0, 0.1) is 17.8 Å². The predicted molar refractivity (Wildman–Crippen MR) is 144 cm³/mol. The molecule has 6 rings (SSSR count). The van der Waals surface area contributed by atoms with Crippen LogP contribution in [0.15, 0.2) is 42.4 Å². The first kappa shape index (κ1) is 24.3. The highest BCUT2D eigenvalue weighted by Crippen LogP contribution is 2.52. The standard InChI is InChI=1S/C29H40N6O2/c1-33-19-27(31-32-33)24-16-25(24)28-26(29(36)37)17-30-35(28)23-11-5-10-22(15-23)34-14-6-9-21(18-34)13-12-20-7-3-2-4-8-20/h5,10-11,15,17,19-21,24-25,31-32H,2-4,6-9,12-14,16,18H2,1H3,(H,36,37)/t21?,24-,25-/m1/s1. The normalized spacial score (nSPS) is 26.2. The zero-order chi connectivity index (χ0) is 25.4. The molecule has 3 heterocycles. The molecule has 8 heteroatoms.